The molecule has 3 heteroatoms. The van der Waals surface area contributed by atoms with Gasteiger partial charge < -0.3 is 15.7 Å². The number of rotatable bonds is 1. The van der Waals surface area contributed by atoms with E-state index in [-0.39, 0.29) is 0 Å². The number of nitrogens with two attached hydrogens (primary N) is 1. The number of hydrogen-bond acceptors (Lipinski definition) is 3. The third kappa shape index (κ3) is 1.23. The summed E-state index contributed by atoms with van der Waals surface area (Å²) in [5.74, 6) is 1.02. The summed E-state index contributed by atoms with van der Waals surface area (Å²) < 4.78 is 0. The van der Waals surface area contributed by atoms with Gasteiger partial charge in [0.05, 0.1) is 5.69 Å². The second kappa shape index (κ2) is 3.14. The Morgan fingerprint density at radius 1 is 1.47 bits per heavy atom. The van der Waals surface area contributed by atoms with Gasteiger partial charge in [-0.05, 0) is 36.9 Å². The van der Waals surface area contributed by atoms with E-state index in [1.807, 2.05) is 6.07 Å². The molecule has 0 radical (unpaired) electrons. The molecule has 2 aliphatic heterocycles. The molecular formula is C12H16N2O. The molecule has 3 N–H and O–H groups in total. The van der Waals surface area contributed by atoms with Crippen molar-refractivity contribution >= 4 is 5.69 Å². The topological polar surface area (TPSA) is 49.5 Å². The predicted molar refractivity (Wildman–Crippen MR) is 60.1 cm³/mol. The smallest absolute Gasteiger partial charge is 0.139 e. The Morgan fingerprint density at radius 3 is 3.13 bits per heavy atom. The van der Waals surface area contributed by atoms with Crippen molar-refractivity contribution in [1.29, 1.82) is 0 Å². The van der Waals surface area contributed by atoms with E-state index in [2.05, 4.69) is 11.0 Å². The largest absolute Gasteiger partial charge is 0.506 e. The average Bonchev–Trinajstić information content (AvgIpc) is 2.73. The molecule has 0 amide bonds. The number of para-hydroxylation sites is 1. The monoisotopic (exact) mass is 204 g/mol. The molecule has 1 aromatic carbocycles. The first kappa shape index (κ1) is 9.04. The van der Waals surface area contributed by atoms with Crippen LogP contribution in [0.1, 0.15) is 12.0 Å². The Balaban J connectivity index is 1.98. The van der Waals surface area contributed by atoms with E-state index >= 15 is 0 Å². The van der Waals surface area contributed by atoms with Crippen molar-refractivity contribution < 1.29 is 5.11 Å². The Morgan fingerprint density at radius 2 is 2.33 bits per heavy atom. The van der Waals surface area contributed by atoms with Crippen LogP contribution in [0.15, 0.2) is 18.2 Å². The summed E-state index contributed by atoms with van der Waals surface area (Å²) >= 11 is 0. The molecule has 0 aliphatic carbocycles. The van der Waals surface area contributed by atoms with Crippen LogP contribution in [0.5, 0.6) is 5.75 Å². The van der Waals surface area contributed by atoms with Gasteiger partial charge in [0.15, 0.2) is 0 Å². The van der Waals surface area contributed by atoms with E-state index in [0.29, 0.717) is 17.7 Å². The summed E-state index contributed by atoms with van der Waals surface area (Å²) in [7, 11) is 0. The van der Waals surface area contributed by atoms with Gasteiger partial charge in [0.25, 0.3) is 0 Å². The molecule has 1 fully saturated rings. The summed E-state index contributed by atoms with van der Waals surface area (Å²) in [6, 6.07) is 6.39. The Kier molecular flexibility index (Phi) is 1.89. The van der Waals surface area contributed by atoms with Crippen molar-refractivity contribution in [2.75, 3.05) is 18.0 Å². The maximum atomic E-state index is 9.86. The first-order valence-electron chi connectivity index (χ1n) is 5.57. The molecule has 0 spiro atoms. The van der Waals surface area contributed by atoms with E-state index in [1.165, 1.54) is 12.0 Å². The summed E-state index contributed by atoms with van der Waals surface area (Å²) in [6.45, 7) is 1.77. The molecule has 0 bridgehead atoms. The van der Waals surface area contributed by atoms with Gasteiger partial charge in [0.2, 0.25) is 0 Å². The number of hydrogen-bond donors (Lipinski definition) is 2. The van der Waals surface area contributed by atoms with Crippen LogP contribution in [0.4, 0.5) is 5.69 Å². The zero-order valence-corrected chi connectivity index (χ0v) is 8.69. The minimum Gasteiger partial charge on any atom is -0.506 e. The molecule has 80 valence electrons. The zero-order chi connectivity index (χ0) is 10.4. The fourth-order valence-electron chi connectivity index (χ4n) is 2.98. The van der Waals surface area contributed by atoms with Crippen LogP contribution in [0.25, 0.3) is 0 Å². The highest BCUT2D eigenvalue weighted by Gasteiger charge is 2.38. The van der Waals surface area contributed by atoms with Gasteiger partial charge in [0, 0.05) is 12.6 Å². The highest BCUT2D eigenvalue weighted by molar-refractivity contribution is 5.68. The molecule has 2 atom stereocenters. The maximum absolute atomic E-state index is 9.86. The SMILES string of the molecule is NCC1CC2Cc3cccc(O)c3N2C1. The van der Waals surface area contributed by atoms with Crippen molar-refractivity contribution in [3.63, 3.8) is 0 Å². The third-order valence-electron chi connectivity index (χ3n) is 3.68. The molecular weight excluding hydrogens is 188 g/mol. The van der Waals surface area contributed by atoms with Gasteiger partial charge in [-0.1, -0.05) is 12.1 Å². The minimum atomic E-state index is 0.424. The number of phenolic OH excluding ortho intramolecular Hbond substituents is 1. The molecule has 0 aromatic heterocycles. The second-order valence-electron chi connectivity index (χ2n) is 4.63. The maximum Gasteiger partial charge on any atom is 0.139 e. The second-order valence-corrected chi connectivity index (χ2v) is 4.63. The van der Waals surface area contributed by atoms with Crippen LogP contribution in [0.2, 0.25) is 0 Å². The van der Waals surface area contributed by atoms with Gasteiger partial charge in [-0.2, -0.15) is 0 Å². The molecule has 1 saturated heterocycles. The number of fused-ring (bicyclic) bond motifs is 3. The number of phenols is 1. The van der Waals surface area contributed by atoms with Crippen LogP contribution in [-0.4, -0.2) is 24.2 Å². The average molecular weight is 204 g/mol. The lowest BCUT2D eigenvalue weighted by Gasteiger charge is -2.19. The quantitative estimate of drug-likeness (QED) is 0.720. The summed E-state index contributed by atoms with van der Waals surface area (Å²) in [5.41, 5.74) is 8.05. The van der Waals surface area contributed by atoms with Crippen LogP contribution < -0.4 is 10.6 Å². The van der Waals surface area contributed by atoms with Crippen molar-refractivity contribution in [2.45, 2.75) is 18.9 Å². The van der Waals surface area contributed by atoms with Gasteiger partial charge in [-0.15, -0.1) is 0 Å². The molecule has 2 heterocycles. The Labute approximate surface area is 89.5 Å². The minimum absolute atomic E-state index is 0.424. The normalized spacial score (nSPS) is 27.9. The van der Waals surface area contributed by atoms with E-state index in [0.717, 1.165) is 25.2 Å². The lowest BCUT2D eigenvalue weighted by atomic mass is 10.0. The fraction of sp³-hybridized carbons (Fsp3) is 0.500. The van der Waals surface area contributed by atoms with Crippen LogP contribution in [-0.2, 0) is 6.42 Å². The molecule has 2 aliphatic rings. The number of aromatic hydroxyl groups is 1. The molecule has 15 heavy (non-hydrogen) atoms. The fourth-order valence-corrected chi connectivity index (χ4v) is 2.98. The van der Waals surface area contributed by atoms with E-state index in [9.17, 15) is 5.11 Å². The van der Waals surface area contributed by atoms with Crippen molar-refractivity contribution in [1.82, 2.24) is 0 Å². The lowest BCUT2D eigenvalue weighted by Crippen LogP contribution is -2.25. The van der Waals surface area contributed by atoms with Crippen molar-refractivity contribution in [2.24, 2.45) is 11.7 Å². The van der Waals surface area contributed by atoms with Crippen LogP contribution >= 0.6 is 0 Å². The van der Waals surface area contributed by atoms with Gasteiger partial charge in [-0.25, -0.2) is 0 Å². The number of benzene rings is 1. The standard InChI is InChI=1S/C12H16N2O/c13-6-8-4-10-5-9-2-1-3-11(15)12(9)14(10)7-8/h1-3,8,10,15H,4-7,13H2. The Hall–Kier alpha value is -1.22. The summed E-state index contributed by atoms with van der Waals surface area (Å²) in [4.78, 5) is 2.34. The first-order chi connectivity index (χ1) is 7.29. The van der Waals surface area contributed by atoms with Crippen molar-refractivity contribution in [3.8, 4) is 5.75 Å². The summed E-state index contributed by atoms with van der Waals surface area (Å²) in [5, 5.41) is 9.86. The first-order valence-corrected chi connectivity index (χ1v) is 5.57. The van der Waals surface area contributed by atoms with Crippen LogP contribution in [0, 0.1) is 5.92 Å². The Bertz CT molecular complexity index is 391. The van der Waals surface area contributed by atoms with Crippen molar-refractivity contribution in [3.05, 3.63) is 23.8 Å². The molecule has 3 nitrogen and oxygen atoms in total. The highest BCUT2D eigenvalue weighted by Crippen LogP contribution is 2.44. The van der Waals surface area contributed by atoms with Gasteiger partial charge in [-0.3, -0.25) is 0 Å². The lowest BCUT2D eigenvalue weighted by molar-refractivity contribution is 0.474. The van der Waals surface area contributed by atoms with E-state index < -0.39 is 0 Å². The highest BCUT2D eigenvalue weighted by atomic mass is 16.3. The molecule has 3 rings (SSSR count). The van der Waals surface area contributed by atoms with E-state index in [1.54, 1.807) is 6.07 Å². The predicted octanol–water partition coefficient (Wildman–Crippen LogP) is 1.10. The van der Waals surface area contributed by atoms with Gasteiger partial charge >= 0.3 is 0 Å². The molecule has 1 aromatic rings. The molecule has 2 unspecified atom stereocenters. The number of nitrogens with zero attached hydrogens (tertiary/aromatic N) is 1. The zero-order valence-electron chi connectivity index (χ0n) is 8.69. The molecule has 0 saturated carbocycles. The number of anilines is 1. The van der Waals surface area contributed by atoms with E-state index in [4.69, 9.17) is 5.73 Å². The van der Waals surface area contributed by atoms with Gasteiger partial charge in [0.1, 0.15) is 5.75 Å². The van der Waals surface area contributed by atoms with Crippen LogP contribution in [0.3, 0.4) is 0 Å². The third-order valence-corrected chi connectivity index (χ3v) is 3.68. The summed E-state index contributed by atoms with van der Waals surface area (Å²) in [6.07, 6.45) is 2.24.